The first-order valence-corrected chi connectivity index (χ1v) is 10.7. The van der Waals surface area contributed by atoms with Crippen molar-refractivity contribution in [1.82, 2.24) is 24.9 Å². The van der Waals surface area contributed by atoms with Gasteiger partial charge >= 0.3 is 0 Å². The van der Waals surface area contributed by atoms with Crippen LogP contribution in [-0.4, -0.2) is 38.1 Å². The van der Waals surface area contributed by atoms with Crippen LogP contribution in [0.25, 0.3) is 11.2 Å². The Morgan fingerprint density at radius 1 is 0.906 bits per heavy atom. The average molecular weight is 431 g/mol. The van der Waals surface area contributed by atoms with E-state index in [-0.39, 0.29) is 0 Å². The van der Waals surface area contributed by atoms with Gasteiger partial charge in [0.05, 0.1) is 6.61 Å². The number of benzene rings is 1. The summed E-state index contributed by atoms with van der Waals surface area (Å²) in [6.07, 6.45) is 7.28. The zero-order valence-electron chi connectivity index (χ0n) is 18.4. The van der Waals surface area contributed by atoms with E-state index in [1.807, 2.05) is 37.3 Å². The molecule has 3 aromatic heterocycles. The summed E-state index contributed by atoms with van der Waals surface area (Å²) in [5.74, 6) is 2.97. The minimum atomic E-state index is 0.402. The first-order valence-electron chi connectivity index (χ1n) is 10.7. The lowest BCUT2D eigenvalue weighted by Gasteiger charge is -2.14. The third kappa shape index (κ3) is 5.08. The third-order valence-electron chi connectivity index (χ3n) is 4.92. The molecule has 32 heavy (non-hydrogen) atoms. The summed E-state index contributed by atoms with van der Waals surface area (Å²) in [5, 5.41) is 3.32. The van der Waals surface area contributed by atoms with Gasteiger partial charge in [0.1, 0.15) is 11.8 Å². The van der Waals surface area contributed by atoms with Gasteiger partial charge in [-0.25, -0.2) is 24.9 Å². The van der Waals surface area contributed by atoms with Gasteiger partial charge in [0.2, 0.25) is 5.88 Å². The number of nitrogens with one attached hydrogen (secondary N) is 1. The molecule has 0 saturated carbocycles. The van der Waals surface area contributed by atoms with Crippen LogP contribution in [0, 0.1) is 0 Å². The second-order valence-electron chi connectivity index (χ2n) is 7.53. The zero-order valence-corrected chi connectivity index (χ0v) is 18.4. The van der Waals surface area contributed by atoms with E-state index in [1.54, 1.807) is 18.6 Å². The van der Waals surface area contributed by atoms with Crippen molar-refractivity contribution >= 4 is 17.0 Å². The lowest BCUT2D eigenvalue weighted by Crippen LogP contribution is -2.08. The summed E-state index contributed by atoms with van der Waals surface area (Å²) < 4.78 is 11.9. The Bertz CT molecular complexity index is 1190. The van der Waals surface area contributed by atoms with Crippen LogP contribution in [-0.2, 0) is 6.42 Å². The summed E-state index contributed by atoms with van der Waals surface area (Å²) in [6, 6.07) is 9.93. The summed E-state index contributed by atoms with van der Waals surface area (Å²) in [6.45, 7) is 7.46. The molecule has 1 aromatic carbocycles. The second-order valence-corrected chi connectivity index (χ2v) is 7.53. The minimum absolute atomic E-state index is 0.402. The fourth-order valence-corrected chi connectivity index (χ4v) is 3.26. The van der Waals surface area contributed by atoms with Crippen LogP contribution in [0.15, 0.2) is 55.2 Å². The van der Waals surface area contributed by atoms with Crippen molar-refractivity contribution in [2.75, 3.05) is 18.5 Å². The van der Waals surface area contributed by atoms with Crippen LogP contribution in [0.4, 0.5) is 5.82 Å². The topological polar surface area (TPSA) is 94.9 Å². The van der Waals surface area contributed by atoms with E-state index in [0.29, 0.717) is 53.4 Å². The highest BCUT2D eigenvalue weighted by molar-refractivity contribution is 5.81. The van der Waals surface area contributed by atoms with Crippen LogP contribution < -0.4 is 14.8 Å². The van der Waals surface area contributed by atoms with Gasteiger partial charge in [0, 0.05) is 31.2 Å². The van der Waals surface area contributed by atoms with E-state index in [9.17, 15) is 0 Å². The second kappa shape index (κ2) is 10.00. The Morgan fingerprint density at radius 2 is 1.78 bits per heavy atom. The number of anilines is 1. The van der Waals surface area contributed by atoms with Crippen LogP contribution in [0.5, 0.6) is 17.4 Å². The molecule has 3 heterocycles. The van der Waals surface area contributed by atoms with E-state index in [0.717, 1.165) is 12.0 Å². The molecule has 0 unspecified atom stereocenters. The van der Waals surface area contributed by atoms with Crippen molar-refractivity contribution in [3.8, 4) is 17.4 Å². The maximum atomic E-state index is 6.05. The standard InChI is InChI=1S/C24H26N6O2/c1-4-31-20-13-17(5-6-19(20)32-21-14-18(16(2)3)8-10-25-21)7-9-27-23-22-24(30-15-29-23)28-12-11-26-22/h5-6,8,10-16H,4,7,9H2,1-3H3,(H,27,28,29,30). The Hall–Kier alpha value is -3.81. The highest BCUT2D eigenvalue weighted by Gasteiger charge is 2.11. The van der Waals surface area contributed by atoms with Gasteiger partial charge in [-0.1, -0.05) is 19.9 Å². The quantitative estimate of drug-likeness (QED) is 0.405. The Kier molecular flexibility index (Phi) is 6.69. The molecular formula is C24H26N6O2. The van der Waals surface area contributed by atoms with E-state index in [1.165, 1.54) is 11.9 Å². The lowest BCUT2D eigenvalue weighted by atomic mass is 10.1. The van der Waals surface area contributed by atoms with Gasteiger partial charge in [-0.15, -0.1) is 0 Å². The Morgan fingerprint density at radius 3 is 2.62 bits per heavy atom. The fourth-order valence-electron chi connectivity index (χ4n) is 3.26. The summed E-state index contributed by atoms with van der Waals surface area (Å²) >= 11 is 0. The molecule has 0 aliphatic carbocycles. The van der Waals surface area contributed by atoms with Gasteiger partial charge in [0.25, 0.3) is 0 Å². The highest BCUT2D eigenvalue weighted by Crippen LogP contribution is 2.33. The van der Waals surface area contributed by atoms with Crippen LogP contribution in [0.1, 0.15) is 37.8 Å². The van der Waals surface area contributed by atoms with Crippen LogP contribution in [0.3, 0.4) is 0 Å². The Labute approximate surface area is 187 Å². The first kappa shape index (κ1) is 21.4. The summed E-state index contributed by atoms with van der Waals surface area (Å²) in [7, 11) is 0. The minimum Gasteiger partial charge on any atom is -0.490 e. The van der Waals surface area contributed by atoms with Crippen molar-refractivity contribution in [1.29, 1.82) is 0 Å². The van der Waals surface area contributed by atoms with E-state index in [4.69, 9.17) is 9.47 Å². The number of nitrogens with zero attached hydrogens (tertiary/aromatic N) is 5. The molecule has 0 saturated heterocycles. The molecule has 8 nitrogen and oxygen atoms in total. The van der Waals surface area contributed by atoms with Crippen molar-refractivity contribution in [2.45, 2.75) is 33.1 Å². The zero-order chi connectivity index (χ0) is 22.3. The van der Waals surface area contributed by atoms with Crippen molar-refractivity contribution in [3.63, 3.8) is 0 Å². The summed E-state index contributed by atoms with van der Waals surface area (Å²) in [4.78, 5) is 21.3. The van der Waals surface area contributed by atoms with Crippen LogP contribution >= 0.6 is 0 Å². The molecule has 0 atom stereocenters. The van der Waals surface area contributed by atoms with Gasteiger partial charge < -0.3 is 14.8 Å². The maximum Gasteiger partial charge on any atom is 0.219 e. The number of fused-ring (bicyclic) bond motifs is 1. The third-order valence-corrected chi connectivity index (χ3v) is 4.92. The number of ether oxygens (including phenoxy) is 2. The molecule has 0 bridgehead atoms. The van der Waals surface area contributed by atoms with E-state index < -0.39 is 0 Å². The Balaban J connectivity index is 1.46. The molecule has 0 radical (unpaired) electrons. The van der Waals surface area contributed by atoms with Gasteiger partial charge in [0.15, 0.2) is 23.0 Å². The molecule has 1 N–H and O–H groups in total. The monoisotopic (exact) mass is 430 g/mol. The van der Waals surface area contributed by atoms with Gasteiger partial charge in [-0.2, -0.15) is 0 Å². The maximum absolute atomic E-state index is 6.05. The largest absolute Gasteiger partial charge is 0.490 e. The van der Waals surface area contributed by atoms with E-state index in [2.05, 4.69) is 44.1 Å². The molecule has 0 fully saturated rings. The first-order chi connectivity index (χ1) is 15.6. The smallest absolute Gasteiger partial charge is 0.219 e. The fraction of sp³-hybridized carbons (Fsp3) is 0.292. The molecule has 0 aliphatic heterocycles. The number of rotatable bonds is 9. The summed E-state index contributed by atoms with van der Waals surface area (Å²) in [5.41, 5.74) is 3.52. The molecule has 0 amide bonds. The van der Waals surface area contributed by atoms with Gasteiger partial charge in [-0.05, 0) is 48.6 Å². The SMILES string of the molecule is CCOc1cc(CCNc2ncnc3nccnc23)ccc1Oc1cc(C(C)C)ccn1. The van der Waals surface area contributed by atoms with Crippen molar-refractivity contribution in [2.24, 2.45) is 0 Å². The molecule has 164 valence electrons. The number of aromatic nitrogens is 5. The number of hydrogen-bond donors (Lipinski definition) is 1. The molecule has 4 rings (SSSR count). The number of hydrogen-bond acceptors (Lipinski definition) is 8. The molecule has 8 heteroatoms. The predicted molar refractivity (Wildman–Crippen MR) is 123 cm³/mol. The average Bonchev–Trinajstić information content (AvgIpc) is 2.81. The molecule has 4 aromatic rings. The predicted octanol–water partition coefficient (Wildman–Crippen LogP) is 4.78. The van der Waals surface area contributed by atoms with E-state index >= 15 is 0 Å². The highest BCUT2D eigenvalue weighted by atomic mass is 16.5. The lowest BCUT2D eigenvalue weighted by molar-refractivity contribution is 0.319. The molecule has 0 spiro atoms. The van der Waals surface area contributed by atoms with Crippen molar-refractivity contribution in [3.05, 3.63) is 66.4 Å². The molecular weight excluding hydrogens is 404 g/mol. The normalized spacial score (nSPS) is 11.0. The van der Waals surface area contributed by atoms with Crippen molar-refractivity contribution < 1.29 is 9.47 Å². The van der Waals surface area contributed by atoms with Crippen LogP contribution in [0.2, 0.25) is 0 Å². The number of pyridine rings is 1. The van der Waals surface area contributed by atoms with Gasteiger partial charge in [-0.3, -0.25) is 0 Å². The molecule has 0 aliphatic rings.